The molecular weight excluding hydrogens is 148 g/mol. The van der Waals surface area contributed by atoms with E-state index in [2.05, 4.69) is 5.16 Å². The minimum absolute atomic E-state index is 0.223. The first kappa shape index (κ1) is 8.92. The summed E-state index contributed by atoms with van der Waals surface area (Å²) in [6, 6.07) is 2.96. The normalized spacial score (nSPS) is 9.45. The van der Waals surface area contributed by atoms with Gasteiger partial charge in [0.25, 0.3) is 5.91 Å². The van der Waals surface area contributed by atoms with Gasteiger partial charge in [-0.3, -0.25) is 4.79 Å². The zero-order valence-electron chi connectivity index (χ0n) is 5.40. The van der Waals surface area contributed by atoms with Crippen molar-refractivity contribution in [3.05, 3.63) is 0 Å². The highest BCUT2D eigenvalue weighted by Crippen LogP contribution is 1.73. The third kappa shape index (κ3) is 2.82. The Balaban J connectivity index is 4.07. The molecule has 0 spiro atoms. The minimum atomic E-state index is -0.864. The zero-order chi connectivity index (χ0) is 8.69. The topological polar surface area (TPSA) is 109 Å². The molecule has 0 aromatic carbocycles. The van der Waals surface area contributed by atoms with Gasteiger partial charge in [-0.25, -0.2) is 0 Å². The lowest BCUT2D eigenvalue weighted by molar-refractivity contribution is -0.114. The molecule has 6 nitrogen and oxygen atoms in total. The largest absolute Gasteiger partial charge is 0.410 e. The number of hydrogen-bond acceptors (Lipinski definition) is 5. The third-order valence-corrected chi connectivity index (χ3v) is 0.749. The van der Waals surface area contributed by atoms with Gasteiger partial charge in [-0.05, 0) is 0 Å². The molecular formula is C5H4N4O2. The average molecular weight is 152 g/mol. The highest BCUT2D eigenvalue weighted by molar-refractivity contribution is 6.44. The molecule has 0 bridgehead atoms. The Morgan fingerprint density at radius 3 is 2.64 bits per heavy atom. The van der Waals surface area contributed by atoms with Gasteiger partial charge < -0.3 is 10.5 Å². The van der Waals surface area contributed by atoms with Gasteiger partial charge in [-0.1, -0.05) is 5.16 Å². The predicted molar refractivity (Wildman–Crippen MR) is 33.5 cm³/mol. The molecule has 2 N–H and O–H groups in total. The van der Waals surface area contributed by atoms with Crippen LogP contribution in [0.15, 0.2) is 5.16 Å². The Kier molecular flexibility index (Phi) is 3.87. The molecule has 11 heavy (non-hydrogen) atoms. The number of rotatable bonds is 2. The molecule has 0 atom stereocenters. The predicted octanol–water partition coefficient (Wildman–Crippen LogP) is -1.02. The quantitative estimate of drug-likeness (QED) is 0.228. The number of oxime groups is 1. The molecule has 0 fully saturated rings. The maximum absolute atomic E-state index is 10.6. The van der Waals surface area contributed by atoms with E-state index >= 15 is 0 Å². The average Bonchev–Trinajstić information content (AvgIpc) is 2.03. The lowest BCUT2D eigenvalue weighted by Gasteiger charge is -1.93. The second-order valence-corrected chi connectivity index (χ2v) is 1.40. The summed E-state index contributed by atoms with van der Waals surface area (Å²) >= 11 is 0. The molecule has 0 aliphatic rings. The summed E-state index contributed by atoms with van der Waals surface area (Å²) in [6.07, 6.45) is 0. The van der Waals surface area contributed by atoms with E-state index in [0.717, 1.165) is 0 Å². The fourth-order valence-corrected chi connectivity index (χ4v) is 0.322. The lowest BCUT2D eigenvalue weighted by atomic mass is 10.4. The van der Waals surface area contributed by atoms with Gasteiger partial charge >= 0.3 is 0 Å². The van der Waals surface area contributed by atoms with E-state index in [0.29, 0.717) is 0 Å². The molecule has 0 unspecified atom stereocenters. The van der Waals surface area contributed by atoms with E-state index in [-0.39, 0.29) is 6.54 Å². The molecule has 0 aromatic heterocycles. The van der Waals surface area contributed by atoms with Gasteiger partial charge in [0, 0.05) is 0 Å². The summed E-state index contributed by atoms with van der Waals surface area (Å²) in [5, 5.41) is 28.5. The van der Waals surface area contributed by atoms with Gasteiger partial charge in [-0.15, -0.1) is 0 Å². The van der Waals surface area contributed by atoms with E-state index in [1.54, 1.807) is 6.07 Å². The monoisotopic (exact) mass is 152 g/mol. The molecule has 6 heteroatoms. The molecule has 0 heterocycles. The molecule has 0 saturated heterocycles. The zero-order valence-corrected chi connectivity index (χ0v) is 5.40. The number of hydrogen-bond donors (Lipinski definition) is 2. The van der Waals surface area contributed by atoms with Crippen molar-refractivity contribution in [2.75, 3.05) is 6.54 Å². The Hall–Kier alpha value is -2.08. The maximum Gasteiger partial charge on any atom is 0.285 e. The lowest BCUT2D eigenvalue weighted by Crippen LogP contribution is -2.30. The van der Waals surface area contributed by atoms with Crippen LogP contribution in [-0.2, 0) is 4.79 Å². The Bertz CT molecular complexity index is 257. The van der Waals surface area contributed by atoms with E-state index < -0.39 is 11.6 Å². The van der Waals surface area contributed by atoms with E-state index in [9.17, 15) is 4.79 Å². The van der Waals surface area contributed by atoms with Crippen LogP contribution in [0.25, 0.3) is 0 Å². The molecule has 0 aliphatic heterocycles. The fourth-order valence-electron chi connectivity index (χ4n) is 0.322. The fraction of sp³-hybridized carbons (Fsp3) is 0.200. The van der Waals surface area contributed by atoms with E-state index in [1.165, 1.54) is 6.07 Å². The van der Waals surface area contributed by atoms with Crippen LogP contribution >= 0.6 is 0 Å². The number of carbonyl (C=O) groups excluding carboxylic acids is 1. The Morgan fingerprint density at radius 1 is 1.64 bits per heavy atom. The summed E-state index contributed by atoms with van der Waals surface area (Å²) in [6.45, 7) is -0.223. The smallest absolute Gasteiger partial charge is 0.285 e. The molecule has 56 valence electrons. The second kappa shape index (κ2) is 4.77. The van der Waals surface area contributed by atoms with Crippen LogP contribution in [0.3, 0.4) is 0 Å². The van der Waals surface area contributed by atoms with Crippen molar-refractivity contribution in [1.29, 1.82) is 10.5 Å². The van der Waals surface area contributed by atoms with Crippen molar-refractivity contribution in [1.82, 2.24) is 5.32 Å². The van der Waals surface area contributed by atoms with Crippen molar-refractivity contribution < 1.29 is 10.0 Å². The molecule has 0 aromatic rings. The van der Waals surface area contributed by atoms with Crippen LogP contribution in [0, 0.1) is 22.7 Å². The number of nitriles is 2. The van der Waals surface area contributed by atoms with Gasteiger partial charge in [-0.2, -0.15) is 10.5 Å². The summed E-state index contributed by atoms with van der Waals surface area (Å²) in [7, 11) is 0. The molecule has 0 radical (unpaired) electrons. The van der Waals surface area contributed by atoms with Crippen molar-refractivity contribution in [3.63, 3.8) is 0 Å². The van der Waals surface area contributed by atoms with Crippen LogP contribution in [0.2, 0.25) is 0 Å². The summed E-state index contributed by atoms with van der Waals surface area (Å²) < 4.78 is 0. The number of nitrogens with zero attached hydrogens (tertiary/aromatic N) is 3. The minimum Gasteiger partial charge on any atom is -0.410 e. The van der Waals surface area contributed by atoms with Crippen LogP contribution < -0.4 is 5.32 Å². The molecule has 0 saturated carbocycles. The SMILES string of the molecule is N#CCNC(=O)/C(C#N)=N\O. The van der Waals surface area contributed by atoms with Crippen LogP contribution in [0.4, 0.5) is 0 Å². The standard InChI is InChI=1S/C5H4N4O2/c6-1-2-8-5(10)4(3-7)9-11/h11H,2H2,(H,8,10)/b9-4-. The highest BCUT2D eigenvalue weighted by atomic mass is 16.4. The molecule has 0 aliphatic carbocycles. The van der Waals surface area contributed by atoms with Crippen LogP contribution in [0.5, 0.6) is 0 Å². The van der Waals surface area contributed by atoms with Crippen molar-refractivity contribution in [2.45, 2.75) is 0 Å². The second-order valence-electron chi connectivity index (χ2n) is 1.40. The van der Waals surface area contributed by atoms with Gasteiger partial charge in [0.1, 0.15) is 12.6 Å². The maximum atomic E-state index is 10.6. The summed E-state index contributed by atoms with van der Waals surface area (Å²) in [5.74, 6) is -0.864. The van der Waals surface area contributed by atoms with Crippen molar-refractivity contribution in [3.8, 4) is 12.1 Å². The first-order valence-corrected chi connectivity index (χ1v) is 2.53. The number of nitrogens with one attached hydrogen (secondary N) is 1. The molecule has 0 rings (SSSR count). The van der Waals surface area contributed by atoms with Crippen LogP contribution in [-0.4, -0.2) is 23.4 Å². The third-order valence-electron chi connectivity index (χ3n) is 0.749. The van der Waals surface area contributed by atoms with Crippen molar-refractivity contribution >= 4 is 11.6 Å². The highest BCUT2D eigenvalue weighted by Gasteiger charge is 2.09. The Morgan fingerprint density at radius 2 is 2.27 bits per heavy atom. The first-order chi connectivity index (χ1) is 5.26. The van der Waals surface area contributed by atoms with Crippen LogP contribution in [0.1, 0.15) is 0 Å². The van der Waals surface area contributed by atoms with Gasteiger partial charge in [0.05, 0.1) is 6.07 Å². The van der Waals surface area contributed by atoms with E-state index in [1.807, 2.05) is 5.32 Å². The first-order valence-electron chi connectivity index (χ1n) is 2.53. The molecule has 1 amide bonds. The Labute approximate surface area is 62.3 Å². The number of carbonyl (C=O) groups is 1. The van der Waals surface area contributed by atoms with E-state index in [4.69, 9.17) is 15.7 Å². The van der Waals surface area contributed by atoms with Crippen molar-refractivity contribution in [2.24, 2.45) is 5.16 Å². The van der Waals surface area contributed by atoms with Gasteiger partial charge in [0.15, 0.2) is 0 Å². The number of amides is 1. The summed E-state index contributed by atoms with van der Waals surface area (Å²) in [5.41, 5.74) is -0.666. The van der Waals surface area contributed by atoms with Gasteiger partial charge in [0.2, 0.25) is 5.71 Å². The summed E-state index contributed by atoms with van der Waals surface area (Å²) in [4.78, 5) is 10.6.